The van der Waals surface area contributed by atoms with Crippen molar-refractivity contribution >= 4 is 17.8 Å². The number of methoxy groups -OCH3 is 1. The van der Waals surface area contributed by atoms with Crippen molar-refractivity contribution in [2.75, 3.05) is 34.8 Å². The number of carbonyl (C=O) groups excluding carboxylic acids is 3. The average Bonchev–Trinajstić information content (AvgIpc) is 2.81. The lowest BCUT2D eigenvalue weighted by Gasteiger charge is -2.39. The van der Waals surface area contributed by atoms with E-state index in [1.54, 1.807) is 21.0 Å². The van der Waals surface area contributed by atoms with Crippen LogP contribution < -0.4 is 0 Å². The summed E-state index contributed by atoms with van der Waals surface area (Å²) in [6, 6.07) is 0. The summed E-state index contributed by atoms with van der Waals surface area (Å²) in [5.74, 6) is -2.30. The fourth-order valence-corrected chi connectivity index (χ4v) is 2.61. The van der Waals surface area contributed by atoms with Crippen molar-refractivity contribution in [2.45, 2.75) is 12.5 Å². The minimum absolute atomic E-state index is 0.0670. The maximum Gasteiger partial charge on any atom is 0.362 e. The summed E-state index contributed by atoms with van der Waals surface area (Å²) in [7, 11) is 5.80. The summed E-state index contributed by atoms with van der Waals surface area (Å²) in [5, 5.41) is 14.1. The van der Waals surface area contributed by atoms with Gasteiger partial charge in [-0.15, -0.1) is 0 Å². The van der Waals surface area contributed by atoms with E-state index in [0.29, 0.717) is 0 Å². The van der Waals surface area contributed by atoms with E-state index < -0.39 is 23.2 Å². The maximum atomic E-state index is 12.5. The first-order chi connectivity index (χ1) is 10.1. The van der Waals surface area contributed by atoms with Gasteiger partial charge in [-0.3, -0.25) is 9.59 Å². The molecule has 0 saturated carbocycles. The maximum absolute atomic E-state index is 12.5. The van der Waals surface area contributed by atoms with Gasteiger partial charge < -0.3 is 19.6 Å². The molecule has 120 valence electrons. The highest BCUT2D eigenvalue weighted by Crippen LogP contribution is 2.34. The van der Waals surface area contributed by atoms with E-state index in [1.165, 1.54) is 16.8 Å². The zero-order valence-electron chi connectivity index (χ0n) is 13.1. The van der Waals surface area contributed by atoms with Gasteiger partial charge in [0.2, 0.25) is 5.69 Å². The van der Waals surface area contributed by atoms with Crippen LogP contribution >= 0.6 is 0 Å². The Morgan fingerprint density at radius 2 is 2.00 bits per heavy atom. The summed E-state index contributed by atoms with van der Waals surface area (Å²) >= 11 is 0. The van der Waals surface area contributed by atoms with E-state index >= 15 is 0 Å². The molecule has 0 radical (unpaired) electrons. The Bertz CT molecular complexity index is 666. The van der Waals surface area contributed by atoms with Crippen molar-refractivity contribution in [1.29, 1.82) is 0 Å². The van der Waals surface area contributed by atoms with Crippen LogP contribution in [0.2, 0.25) is 0 Å². The second kappa shape index (κ2) is 5.00. The van der Waals surface area contributed by atoms with Crippen LogP contribution in [0.4, 0.5) is 0 Å². The average molecular weight is 310 g/mol. The summed E-state index contributed by atoms with van der Waals surface area (Å²) in [6.45, 7) is 1.66. The second-order valence-electron chi connectivity index (χ2n) is 5.58. The van der Waals surface area contributed by atoms with Crippen LogP contribution in [-0.2, 0) is 15.1 Å². The largest absolute Gasteiger partial charge is 0.503 e. The molecule has 9 heteroatoms. The summed E-state index contributed by atoms with van der Waals surface area (Å²) in [5.41, 5.74) is -1.82. The number of ether oxygens (including phenoxy) is 1. The van der Waals surface area contributed by atoms with Crippen LogP contribution in [0.25, 0.3) is 0 Å². The zero-order chi connectivity index (χ0) is 16.8. The lowest BCUT2D eigenvalue weighted by molar-refractivity contribution is -0.139. The highest BCUT2D eigenvalue weighted by molar-refractivity contribution is 6.02. The Hall–Kier alpha value is -2.58. The number of rotatable bonds is 2. The van der Waals surface area contributed by atoms with Crippen molar-refractivity contribution in [3.63, 3.8) is 0 Å². The van der Waals surface area contributed by atoms with E-state index in [1.807, 2.05) is 0 Å². The molecule has 2 heterocycles. The molecular weight excluding hydrogens is 292 g/mol. The van der Waals surface area contributed by atoms with E-state index in [4.69, 9.17) is 0 Å². The first kappa shape index (κ1) is 15.8. The Morgan fingerprint density at radius 1 is 1.41 bits per heavy atom. The van der Waals surface area contributed by atoms with Gasteiger partial charge >= 0.3 is 5.97 Å². The molecule has 1 atom stereocenters. The Kier molecular flexibility index (Phi) is 3.59. The van der Waals surface area contributed by atoms with Gasteiger partial charge in [-0.25, -0.2) is 9.48 Å². The van der Waals surface area contributed by atoms with Gasteiger partial charge in [0.25, 0.3) is 11.8 Å². The number of esters is 1. The minimum atomic E-state index is -1.23. The lowest BCUT2D eigenvalue weighted by atomic mass is 9.97. The van der Waals surface area contributed by atoms with E-state index in [9.17, 15) is 19.5 Å². The molecule has 1 aromatic heterocycles. The molecule has 0 bridgehead atoms. The number of aromatic hydroxyl groups is 1. The highest BCUT2D eigenvalue weighted by Gasteiger charge is 2.48. The first-order valence-corrected chi connectivity index (χ1v) is 6.53. The molecule has 2 amide bonds. The van der Waals surface area contributed by atoms with Crippen LogP contribution in [0.15, 0.2) is 0 Å². The highest BCUT2D eigenvalue weighted by atomic mass is 16.5. The van der Waals surface area contributed by atoms with E-state index in [-0.39, 0.29) is 23.8 Å². The molecule has 22 heavy (non-hydrogen) atoms. The minimum Gasteiger partial charge on any atom is -0.503 e. The monoisotopic (exact) mass is 310 g/mol. The molecular formula is C13H18N4O5. The normalized spacial score (nSPS) is 20.6. The van der Waals surface area contributed by atoms with E-state index in [0.717, 1.165) is 11.8 Å². The van der Waals surface area contributed by atoms with Crippen LogP contribution in [0.5, 0.6) is 5.75 Å². The Morgan fingerprint density at radius 3 is 2.50 bits per heavy atom. The molecule has 1 aliphatic heterocycles. The smallest absolute Gasteiger partial charge is 0.362 e. The van der Waals surface area contributed by atoms with Crippen molar-refractivity contribution < 1.29 is 24.2 Å². The zero-order valence-corrected chi connectivity index (χ0v) is 13.1. The number of nitrogens with zero attached hydrogens (tertiary/aromatic N) is 4. The fourth-order valence-electron chi connectivity index (χ4n) is 2.61. The molecule has 0 saturated heterocycles. The van der Waals surface area contributed by atoms with Crippen molar-refractivity contribution in [1.82, 2.24) is 19.6 Å². The molecule has 1 N–H and O–H groups in total. The lowest BCUT2D eigenvalue weighted by Crippen LogP contribution is -2.58. The summed E-state index contributed by atoms with van der Waals surface area (Å²) in [4.78, 5) is 39.1. The third-order valence-electron chi connectivity index (χ3n) is 3.67. The van der Waals surface area contributed by atoms with Gasteiger partial charge in [0.15, 0.2) is 17.0 Å². The summed E-state index contributed by atoms with van der Waals surface area (Å²) in [6.07, 6.45) is 0. The van der Waals surface area contributed by atoms with Gasteiger partial charge in [-0.2, -0.15) is 5.10 Å². The SMILES string of the molecule is COC(=O)c1nn2c(c1O)C(=O)N(C)CC2(C)C(=O)N(C)C. The number of likely N-dealkylation sites (N-methyl/N-ethyl adjacent to an activating group) is 2. The molecule has 0 aliphatic carbocycles. The first-order valence-electron chi connectivity index (χ1n) is 6.53. The molecule has 0 fully saturated rings. The number of fused-ring (bicyclic) bond motifs is 1. The third kappa shape index (κ3) is 2.00. The van der Waals surface area contributed by atoms with Gasteiger partial charge in [0.05, 0.1) is 13.7 Å². The van der Waals surface area contributed by atoms with Crippen LogP contribution in [-0.4, -0.2) is 77.3 Å². The molecule has 9 nitrogen and oxygen atoms in total. The Balaban J connectivity index is 2.72. The topological polar surface area (TPSA) is 105 Å². The standard InChI is InChI=1S/C13H18N4O5/c1-13(12(21)15(2)3)6-16(4)10(19)8-9(18)7(11(20)22-5)14-17(8)13/h18H,6H2,1-5H3. The molecule has 0 spiro atoms. The predicted octanol–water partition coefficient (Wildman–Crippen LogP) is -0.736. The Labute approximate surface area is 127 Å². The van der Waals surface area contributed by atoms with Crippen molar-refractivity contribution in [3.05, 3.63) is 11.4 Å². The fraction of sp³-hybridized carbons (Fsp3) is 0.538. The molecule has 1 aromatic rings. The quantitative estimate of drug-likeness (QED) is 0.722. The predicted molar refractivity (Wildman–Crippen MR) is 74.5 cm³/mol. The molecule has 1 aliphatic rings. The van der Waals surface area contributed by atoms with Gasteiger partial charge in [-0.05, 0) is 6.92 Å². The molecule has 2 rings (SSSR count). The van der Waals surface area contributed by atoms with Crippen LogP contribution in [0, 0.1) is 0 Å². The second-order valence-corrected chi connectivity index (χ2v) is 5.58. The third-order valence-corrected chi connectivity index (χ3v) is 3.67. The van der Waals surface area contributed by atoms with Crippen molar-refractivity contribution in [2.24, 2.45) is 0 Å². The van der Waals surface area contributed by atoms with Crippen molar-refractivity contribution in [3.8, 4) is 5.75 Å². The van der Waals surface area contributed by atoms with Gasteiger partial charge in [-0.1, -0.05) is 0 Å². The van der Waals surface area contributed by atoms with Gasteiger partial charge in [0.1, 0.15) is 0 Å². The molecule has 0 aromatic carbocycles. The van der Waals surface area contributed by atoms with E-state index in [2.05, 4.69) is 9.84 Å². The number of carbonyl (C=O) groups is 3. The van der Waals surface area contributed by atoms with Crippen LogP contribution in [0.1, 0.15) is 27.9 Å². The van der Waals surface area contributed by atoms with Crippen LogP contribution in [0.3, 0.4) is 0 Å². The number of aromatic nitrogens is 2. The number of amides is 2. The summed E-state index contributed by atoms with van der Waals surface area (Å²) < 4.78 is 5.65. The number of hydrogen-bond donors (Lipinski definition) is 1. The van der Waals surface area contributed by atoms with Gasteiger partial charge in [0, 0.05) is 21.1 Å². The number of hydrogen-bond acceptors (Lipinski definition) is 6. The molecule has 1 unspecified atom stereocenters.